The average molecular weight is 401 g/mol. The van der Waals surface area contributed by atoms with Crippen LogP contribution in [0.3, 0.4) is 0 Å². The maximum atomic E-state index is 6.42. The van der Waals surface area contributed by atoms with E-state index in [1.807, 2.05) is 0 Å². The van der Waals surface area contributed by atoms with Crippen molar-refractivity contribution in [1.82, 2.24) is 6.15 Å². The van der Waals surface area contributed by atoms with Gasteiger partial charge in [-0.1, -0.05) is 88.6 Å². The Morgan fingerprint density at radius 1 is 0.875 bits per heavy atom. The first-order valence-corrected chi connectivity index (χ1v) is 9.37. The maximum absolute atomic E-state index is 6.42. The van der Waals surface area contributed by atoms with Gasteiger partial charge in [0.25, 0.3) is 0 Å². The van der Waals surface area contributed by atoms with Gasteiger partial charge in [-0.2, -0.15) is 0 Å². The molecule has 0 fully saturated rings. The van der Waals surface area contributed by atoms with Crippen molar-refractivity contribution in [2.75, 3.05) is 0 Å². The van der Waals surface area contributed by atoms with Crippen LogP contribution >= 0.6 is 17.0 Å². The van der Waals surface area contributed by atoms with E-state index in [9.17, 15) is 0 Å². The Hall–Kier alpha value is -0.380. The Morgan fingerprint density at radius 3 is 1.88 bits per heavy atom. The highest BCUT2D eigenvalue weighted by molar-refractivity contribution is 8.93. The minimum atomic E-state index is -0.0863. The highest BCUT2D eigenvalue weighted by atomic mass is 79.9. The van der Waals surface area contributed by atoms with E-state index in [2.05, 4.69) is 51.1 Å². The SMILES string of the molecule is Br.CCCCCCCCCCC(Cc1ccccc1)C(C)(C)N.N. The Kier molecular flexibility index (Phi) is 16.1. The van der Waals surface area contributed by atoms with Crippen molar-refractivity contribution >= 4 is 17.0 Å². The van der Waals surface area contributed by atoms with Gasteiger partial charge in [0.2, 0.25) is 0 Å². The van der Waals surface area contributed by atoms with Gasteiger partial charge < -0.3 is 11.9 Å². The van der Waals surface area contributed by atoms with E-state index in [4.69, 9.17) is 5.73 Å². The Balaban J connectivity index is 0. The molecule has 0 aliphatic rings. The first kappa shape index (κ1) is 25.9. The van der Waals surface area contributed by atoms with Crippen LogP contribution in [-0.2, 0) is 6.42 Å². The van der Waals surface area contributed by atoms with E-state index in [1.54, 1.807) is 0 Å². The summed E-state index contributed by atoms with van der Waals surface area (Å²) in [5.41, 5.74) is 7.76. The molecule has 0 amide bonds. The highest BCUT2D eigenvalue weighted by Crippen LogP contribution is 2.25. The van der Waals surface area contributed by atoms with Gasteiger partial charge in [0.15, 0.2) is 0 Å². The molecule has 0 saturated carbocycles. The van der Waals surface area contributed by atoms with Gasteiger partial charge in [-0.05, 0) is 38.2 Å². The summed E-state index contributed by atoms with van der Waals surface area (Å²) in [6.45, 7) is 6.65. The Labute approximate surface area is 161 Å². The zero-order valence-corrected chi connectivity index (χ0v) is 17.9. The van der Waals surface area contributed by atoms with E-state index < -0.39 is 0 Å². The zero-order valence-electron chi connectivity index (χ0n) is 16.2. The molecule has 0 bridgehead atoms. The van der Waals surface area contributed by atoms with Gasteiger partial charge in [-0.15, -0.1) is 17.0 Å². The number of rotatable bonds is 12. The lowest BCUT2D eigenvalue weighted by molar-refractivity contribution is 0.290. The van der Waals surface area contributed by atoms with Crippen molar-refractivity contribution in [3.05, 3.63) is 35.9 Å². The van der Waals surface area contributed by atoms with E-state index in [-0.39, 0.29) is 28.7 Å². The predicted octanol–water partition coefficient (Wildman–Crippen LogP) is 6.85. The van der Waals surface area contributed by atoms with E-state index >= 15 is 0 Å². The molecule has 0 radical (unpaired) electrons. The number of benzene rings is 1. The second-order valence-electron chi connectivity index (χ2n) is 7.47. The van der Waals surface area contributed by atoms with Crippen LogP contribution in [0.4, 0.5) is 0 Å². The standard InChI is InChI=1S/C21H37N.BrH.H3N/c1-4-5-6-7-8-9-10-14-17-20(21(2,3)22)18-19-15-12-11-13-16-19;;/h11-13,15-16,20H,4-10,14,17-18,22H2,1-3H3;1H;1H3. The summed E-state index contributed by atoms with van der Waals surface area (Å²) in [5.74, 6) is 0.579. The van der Waals surface area contributed by atoms with Crippen LogP contribution in [0, 0.1) is 5.92 Å². The molecule has 1 unspecified atom stereocenters. The van der Waals surface area contributed by atoms with Crippen molar-refractivity contribution in [2.45, 2.75) is 90.5 Å². The summed E-state index contributed by atoms with van der Waals surface area (Å²) in [4.78, 5) is 0. The third-order valence-corrected chi connectivity index (χ3v) is 4.78. The molecule has 1 atom stereocenters. The first-order chi connectivity index (χ1) is 10.5. The van der Waals surface area contributed by atoms with Crippen molar-refractivity contribution < 1.29 is 0 Å². The van der Waals surface area contributed by atoms with Gasteiger partial charge in [0, 0.05) is 5.54 Å². The quantitative estimate of drug-likeness (QED) is 0.376. The van der Waals surface area contributed by atoms with E-state index in [0.29, 0.717) is 5.92 Å². The lowest BCUT2D eigenvalue weighted by Crippen LogP contribution is -2.42. The molecule has 3 heteroatoms. The van der Waals surface area contributed by atoms with Gasteiger partial charge in [-0.3, -0.25) is 0 Å². The van der Waals surface area contributed by atoms with E-state index in [1.165, 1.54) is 63.4 Å². The smallest absolute Gasteiger partial charge is 0.0129 e. The van der Waals surface area contributed by atoms with Gasteiger partial charge in [0.05, 0.1) is 0 Å². The van der Waals surface area contributed by atoms with Crippen LogP contribution in [0.15, 0.2) is 30.3 Å². The summed E-state index contributed by atoms with van der Waals surface area (Å²) in [6.07, 6.45) is 13.5. The molecule has 0 aromatic heterocycles. The highest BCUT2D eigenvalue weighted by Gasteiger charge is 2.24. The number of unbranched alkanes of at least 4 members (excludes halogenated alkanes) is 7. The molecule has 0 aliphatic heterocycles. The molecular weight excluding hydrogens is 360 g/mol. The van der Waals surface area contributed by atoms with Gasteiger partial charge >= 0.3 is 0 Å². The Bertz CT molecular complexity index is 373. The molecule has 1 aromatic rings. The van der Waals surface area contributed by atoms with Crippen LogP contribution in [0.5, 0.6) is 0 Å². The molecule has 0 aliphatic carbocycles. The lowest BCUT2D eigenvalue weighted by atomic mass is 9.80. The van der Waals surface area contributed by atoms with Gasteiger partial charge in [-0.25, -0.2) is 0 Å². The summed E-state index contributed by atoms with van der Waals surface area (Å²) in [7, 11) is 0. The molecule has 142 valence electrons. The summed E-state index contributed by atoms with van der Waals surface area (Å²) in [6, 6.07) is 10.8. The van der Waals surface area contributed by atoms with Crippen LogP contribution in [0.2, 0.25) is 0 Å². The molecule has 0 heterocycles. The fourth-order valence-corrected chi connectivity index (χ4v) is 3.16. The molecule has 24 heavy (non-hydrogen) atoms. The fourth-order valence-electron chi connectivity index (χ4n) is 3.16. The second-order valence-corrected chi connectivity index (χ2v) is 7.47. The second kappa shape index (κ2) is 14.9. The first-order valence-electron chi connectivity index (χ1n) is 9.37. The van der Waals surface area contributed by atoms with Crippen molar-refractivity contribution in [1.29, 1.82) is 0 Å². The average Bonchev–Trinajstić information content (AvgIpc) is 2.49. The lowest BCUT2D eigenvalue weighted by Gasteiger charge is -2.31. The molecule has 0 saturated heterocycles. The van der Waals surface area contributed by atoms with Crippen LogP contribution in [0.1, 0.15) is 84.1 Å². The van der Waals surface area contributed by atoms with Crippen molar-refractivity contribution in [2.24, 2.45) is 11.7 Å². The van der Waals surface area contributed by atoms with Crippen molar-refractivity contribution in [3.63, 3.8) is 0 Å². The third-order valence-electron chi connectivity index (χ3n) is 4.78. The number of halogens is 1. The minimum Gasteiger partial charge on any atom is -0.344 e. The summed E-state index contributed by atoms with van der Waals surface area (Å²) in [5, 5.41) is 0. The number of hydrogen-bond donors (Lipinski definition) is 2. The minimum absolute atomic E-state index is 0. The Morgan fingerprint density at radius 2 is 1.38 bits per heavy atom. The maximum Gasteiger partial charge on any atom is 0.0129 e. The summed E-state index contributed by atoms with van der Waals surface area (Å²) >= 11 is 0. The van der Waals surface area contributed by atoms with Crippen LogP contribution in [0.25, 0.3) is 0 Å². The topological polar surface area (TPSA) is 61.0 Å². The zero-order chi connectivity index (χ0) is 16.3. The molecule has 0 spiro atoms. The third kappa shape index (κ3) is 12.0. The normalized spacial score (nSPS) is 12.2. The van der Waals surface area contributed by atoms with E-state index in [0.717, 1.165) is 6.42 Å². The van der Waals surface area contributed by atoms with Crippen LogP contribution < -0.4 is 11.9 Å². The fraction of sp³-hybridized carbons (Fsp3) is 0.714. The monoisotopic (exact) mass is 400 g/mol. The van der Waals surface area contributed by atoms with Gasteiger partial charge in [0.1, 0.15) is 0 Å². The molecular formula is C21H41BrN2. The predicted molar refractivity (Wildman–Crippen MR) is 114 cm³/mol. The van der Waals surface area contributed by atoms with Crippen molar-refractivity contribution in [3.8, 4) is 0 Å². The molecule has 5 N–H and O–H groups in total. The number of nitrogens with two attached hydrogens (primary N) is 1. The number of hydrogen-bond acceptors (Lipinski definition) is 2. The summed E-state index contributed by atoms with van der Waals surface area (Å²) < 4.78 is 0. The largest absolute Gasteiger partial charge is 0.344 e. The molecule has 1 rings (SSSR count). The molecule has 1 aromatic carbocycles. The molecule has 2 nitrogen and oxygen atoms in total. The van der Waals surface area contributed by atoms with Crippen LogP contribution in [-0.4, -0.2) is 5.54 Å².